The summed E-state index contributed by atoms with van der Waals surface area (Å²) in [5.41, 5.74) is 0. The van der Waals surface area contributed by atoms with Crippen LogP contribution in [0.15, 0.2) is 0 Å². The number of carbonyl (C=O) groups is 1. The van der Waals surface area contributed by atoms with Gasteiger partial charge in [-0.15, -0.1) is 0 Å². The van der Waals surface area contributed by atoms with Gasteiger partial charge in [-0.1, -0.05) is 31.0 Å². The lowest BCUT2D eigenvalue weighted by molar-refractivity contribution is -0.690. The number of carbonyl (C=O) groups excluding carboxylic acids is 1. The summed E-state index contributed by atoms with van der Waals surface area (Å²) < 4.78 is 0. The van der Waals surface area contributed by atoms with Crippen LogP contribution in [0.1, 0.15) is 32.1 Å². The lowest BCUT2D eigenvalue weighted by Gasteiger charge is -2.24. The summed E-state index contributed by atoms with van der Waals surface area (Å²) in [5, 5.41) is 13.2. The van der Waals surface area contributed by atoms with Gasteiger partial charge in [-0.25, -0.2) is 0 Å². The predicted octanol–water partition coefficient (Wildman–Crippen LogP) is -0.678. The van der Waals surface area contributed by atoms with Crippen molar-refractivity contribution in [3.63, 3.8) is 0 Å². The monoisotopic (exact) mass is 215 g/mol. The van der Waals surface area contributed by atoms with E-state index in [2.05, 4.69) is 0 Å². The maximum atomic E-state index is 10.7. The van der Waals surface area contributed by atoms with Gasteiger partial charge >= 0.3 is 0 Å². The summed E-state index contributed by atoms with van der Waals surface area (Å²) in [6.45, 7) is 0. The molecule has 1 saturated heterocycles. The maximum absolute atomic E-state index is 10.7. The van der Waals surface area contributed by atoms with E-state index >= 15 is 0 Å². The van der Waals surface area contributed by atoms with Crippen LogP contribution in [0.5, 0.6) is 0 Å². The second-order valence-corrected chi connectivity index (χ2v) is 5.53. The van der Waals surface area contributed by atoms with Crippen LogP contribution in [0.3, 0.4) is 0 Å². The van der Waals surface area contributed by atoms with Crippen molar-refractivity contribution in [3.8, 4) is 0 Å². The second-order valence-electron chi connectivity index (χ2n) is 4.31. The molecule has 0 amide bonds. The van der Waals surface area contributed by atoms with Gasteiger partial charge in [-0.2, -0.15) is 0 Å². The standard InChI is InChI=1S/C10H17NO2S/c12-10(13)8-6-14-9(11-8)7-4-2-1-3-5-7/h7-9,11H,1-6H2,(H,12,13)/t8-,9+/m0/s1. The molecule has 0 spiro atoms. The first-order valence-corrected chi connectivity index (χ1v) is 6.49. The molecule has 1 aliphatic carbocycles. The number of rotatable bonds is 2. The fourth-order valence-electron chi connectivity index (χ4n) is 2.46. The van der Waals surface area contributed by atoms with Crippen LogP contribution in [0.2, 0.25) is 0 Å². The van der Waals surface area contributed by atoms with E-state index in [9.17, 15) is 9.90 Å². The van der Waals surface area contributed by atoms with Crippen molar-refractivity contribution in [2.24, 2.45) is 5.92 Å². The van der Waals surface area contributed by atoms with Crippen molar-refractivity contribution in [3.05, 3.63) is 0 Å². The van der Waals surface area contributed by atoms with Crippen LogP contribution >= 0.6 is 11.8 Å². The first kappa shape index (κ1) is 10.3. The molecule has 2 N–H and O–H groups in total. The molecule has 0 aromatic carbocycles. The third-order valence-electron chi connectivity index (χ3n) is 3.31. The Hall–Kier alpha value is -0.220. The number of aliphatic carboxylic acids is 1. The highest BCUT2D eigenvalue weighted by Gasteiger charge is 2.35. The SMILES string of the molecule is O=C([O-])[C@@H]1CS[C@H](C2CCCCC2)[NH2+]1. The number of nitrogens with two attached hydrogens (primary N) is 1. The number of thioether (sulfide) groups is 1. The lowest BCUT2D eigenvalue weighted by Crippen LogP contribution is -2.95. The van der Waals surface area contributed by atoms with Crippen molar-refractivity contribution in [1.82, 2.24) is 0 Å². The molecular formula is C10H17NO2S. The van der Waals surface area contributed by atoms with Crippen molar-refractivity contribution < 1.29 is 15.2 Å². The zero-order chi connectivity index (χ0) is 9.97. The van der Waals surface area contributed by atoms with Crippen LogP contribution < -0.4 is 10.4 Å². The van der Waals surface area contributed by atoms with E-state index in [1.54, 1.807) is 0 Å². The first-order valence-electron chi connectivity index (χ1n) is 5.45. The Balaban J connectivity index is 1.85. The molecule has 2 aliphatic rings. The molecule has 2 fully saturated rings. The zero-order valence-electron chi connectivity index (χ0n) is 8.28. The average molecular weight is 215 g/mol. The van der Waals surface area contributed by atoms with E-state index in [1.165, 1.54) is 32.1 Å². The second kappa shape index (κ2) is 4.53. The van der Waals surface area contributed by atoms with Crippen LogP contribution in [0.25, 0.3) is 0 Å². The molecule has 3 nitrogen and oxygen atoms in total. The van der Waals surface area contributed by atoms with Gasteiger partial charge in [-0.3, -0.25) is 0 Å². The Bertz CT molecular complexity index is 216. The first-order chi connectivity index (χ1) is 6.77. The Labute approximate surface area is 88.6 Å². The van der Waals surface area contributed by atoms with Gasteiger partial charge in [0.1, 0.15) is 17.4 Å². The largest absolute Gasteiger partial charge is 0.544 e. The normalized spacial score (nSPS) is 34.6. The van der Waals surface area contributed by atoms with Crippen LogP contribution in [-0.4, -0.2) is 23.1 Å². The molecule has 1 aliphatic heterocycles. The maximum Gasteiger partial charge on any atom is 0.136 e. The van der Waals surface area contributed by atoms with E-state index in [1.807, 2.05) is 17.1 Å². The Morgan fingerprint density at radius 3 is 2.57 bits per heavy atom. The molecule has 0 bridgehead atoms. The number of quaternary nitrogens is 1. The quantitative estimate of drug-likeness (QED) is 0.664. The molecule has 1 heterocycles. The predicted molar refractivity (Wildman–Crippen MR) is 53.5 cm³/mol. The highest BCUT2D eigenvalue weighted by Crippen LogP contribution is 2.31. The Morgan fingerprint density at radius 1 is 1.29 bits per heavy atom. The molecule has 1 saturated carbocycles. The molecule has 0 radical (unpaired) electrons. The number of carboxylic acids is 1. The zero-order valence-corrected chi connectivity index (χ0v) is 9.09. The minimum atomic E-state index is -0.893. The summed E-state index contributed by atoms with van der Waals surface area (Å²) in [6.07, 6.45) is 6.58. The van der Waals surface area contributed by atoms with Gasteiger partial charge in [0.05, 0.1) is 5.75 Å². The van der Waals surface area contributed by atoms with E-state index < -0.39 is 5.97 Å². The topological polar surface area (TPSA) is 56.7 Å². The molecule has 2 atom stereocenters. The molecule has 2 rings (SSSR count). The van der Waals surface area contributed by atoms with Gasteiger partial charge in [0.25, 0.3) is 0 Å². The molecule has 0 aromatic heterocycles. The number of hydrogen-bond donors (Lipinski definition) is 1. The van der Waals surface area contributed by atoms with Crippen molar-refractivity contribution in [1.29, 1.82) is 0 Å². The van der Waals surface area contributed by atoms with Gasteiger partial charge in [0.15, 0.2) is 0 Å². The molecule has 0 unspecified atom stereocenters. The number of hydrogen-bond acceptors (Lipinski definition) is 3. The van der Waals surface area contributed by atoms with E-state index in [0.29, 0.717) is 5.37 Å². The van der Waals surface area contributed by atoms with Gasteiger partial charge in [0, 0.05) is 5.92 Å². The van der Waals surface area contributed by atoms with E-state index in [0.717, 1.165) is 11.7 Å². The number of carboxylic acid groups (broad SMARTS) is 1. The molecule has 80 valence electrons. The fraction of sp³-hybridized carbons (Fsp3) is 0.900. The Morgan fingerprint density at radius 2 is 2.00 bits per heavy atom. The summed E-state index contributed by atoms with van der Waals surface area (Å²) in [6, 6.07) is -0.299. The summed E-state index contributed by atoms with van der Waals surface area (Å²) in [5.74, 6) is 0.567. The van der Waals surface area contributed by atoms with Gasteiger partial charge in [-0.05, 0) is 12.8 Å². The minimum Gasteiger partial charge on any atom is -0.544 e. The molecule has 4 heteroatoms. The fourth-order valence-corrected chi connectivity index (χ4v) is 3.98. The smallest absolute Gasteiger partial charge is 0.136 e. The highest BCUT2D eigenvalue weighted by molar-refractivity contribution is 7.99. The molecular weight excluding hydrogens is 198 g/mol. The van der Waals surface area contributed by atoms with Crippen LogP contribution in [-0.2, 0) is 4.79 Å². The van der Waals surface area contributed by atoms with Crippen molar-refractivity contribution >= 4 is 17.7 Å². The van der Waals surface area contributed by atoms with Crippen LogP contribution in [0, 0.1) is 5.92 Å². The average Bonchev–Trinajstić information content (AvgIpc) is 2.68. The Kier molecular flexibility index (Phi) is 3.34. The van der Waals surface area contributed by atoms with Crippen LogP contribution in [0.4, 0.5) is 0 Å². The highest BCUT2D eigenvalue weighted by atomic mass is 32.2. The van der Waals surface area contributed by atoms with Gasteiger partial charge < -0.3 is 15.2 Å². The van der Waals surface area contributed by atoms with E-state index in [4.69, 9.17) is 0 Å². The molecule has 0 aromatic rings. The van der Waals surface area contributed by atoms with Gasteiger partial charge in [0.2, 0.25) is 0 Å². The third kappa shape index (κ3) is 2.23. The third-order valence-corrected chi connectivity index (χ3v) is 4.79. The summed E-state index contributed by atoms with van der Waals surface area (Å²) >= 11 is 1.81. The summed E-state index contributed by atoms with van der Waals surface area (Å²) in [4.78, 5) is 10.7. The van der Waals surface area contributed by atoms with Crippen molar-refractivity contribution in [2.45, 2.75) is 43.5 Å². The minimum absolute atomic E-state index is 0.299. The lowest BCUT2D eigenvalue weighted by atomic mass is 9.89. The van der Waals surface area contributed by atoms with Crippen molar-refractivity contribution in [2.75, 3.05) is 5.75 Å². The van der Waals surface area contributed by atoms with E-state index in [-0.39, 0.29) is 6.04 Å². The molecule has 14 heavy (non-hydrogen) atoms. The summed E-state index contributed by atoms with van der Waals surface area (Å²) in [7, 11) is 0.